The number of carboxylic acid groups (broad SMARTS) is 2. The van der Waals surface area contributed by atoms with E-state index in [-0.39, 0.29) is 42.4 Å². The van der Waals surface area contributed by atoms with Crippen LogP contribution in [0.2, 0.25) is 0 Å². The quantitative estimate of drug-likeness (QED) is 0.158. The Morgan fingerprint density at radius 2 is 1.07 bits per heavy atom. The molecule has 0 amide bonds. The Morgan fingerprint density at radius 1 is 0.690 bits per heavy atom. The first-order valence-corrected chi connectivity index (χ1v) is 11.8. The zero-order valence-corrected chi connectivity index (χ0v) is 18.2. The molecule has 0 unspecified atom stereocenters. The van der Waals surface area contributed by atoms with E-state index in [0.717, 1.165) is 12.8 Å². The molecule has 0 spiro atoms. The van der Waals surface area contributed by atoms with Crippen LogP contribution in [-0.4, -0.2) is 64.3 Å². The molecule has 0 aromatic heterocycles. The fourth-order valence-corrected chi connectivity index (χ4v) is 3.53. The van der Waals surface area contributed by atoms with Gasteiger partial charge in [-0.2, -0.15) is 0 Å². The van der Waals surface area contributed by atoms with Crippen molar-refractivity contribution in [3.63, 3.8) is 0 Å². The van der Waals surface area contributed by atoms with Crippen LogP contribution in [0.3, 0.4) is 0 Å². The molecule has 0 saturated carbocycles. The molecule has 168 valence electrons. The average molecular weight is 424 g/mol. The summed E-state index contributed by atoms with van der Waals surface area (Å²) in [6.45, 7) is 2.91. The van der Waals surface area contributed by atoms with Crippen molar-refractivity contribution in [2.24, 2.45) is 0 Å². The van der Waals surface area contributed by atoms with E-state index in [9.17, 15) is 9.59 Å². The molecular weight excluding hydrogens is 377 g/mol. The average Bonchev–Trinajstić information content (AvgIpc) is 2.66. The first kappa shape index (κ1) is 31.1. The van der Waals surface area contributed by atoms with E-state index in [0.29, 0.717) is 6.54 Å². The predicted molar refractivity (Wildman–Crippen MR) is 123 cm³/mol. The van der Waals surface area contributed by atoms with Crippen molar-refractivity contribution in [2.75, 3.05) is 6.54 Å². The molecule has 0 aliphatic heterocycles. The molecule has 0 saturated heterocycles. The molecule has 1 atom stereocenters. The van der Waals surface area contributed by atoms with Crippen LogP contribution in [0, 0.1) is 0 Å². The van der Waals surface area contributed by atoms with Crippen molar-refractivity contribution in [3.05, 3.63) is 0 Å². The number of hydrogen-bond acceptors (Lipinski definition) is 3. The molecule has 29 heavy (non-hydrogen) atoms. The second-order valence-electron chi connectivity index (χ2n) is 8.08. The van der Waals surface area contributed by atoms with Crippen LogP contribution in [0.1, 0.15) is 122 Å². The third kappa shape index (κ3) is 24.0. The summed E-state index contributed by atoms with van der Waals surface area (Å²) in [5.74, 6) is -1.91. The first-order chi connectivity index (χ1) is 13.6. The Bertz CT molecular complexity index is 380. The van der Waals surface area contributed by atoms with Crippen LogP contribution in [0.4, 0.5) is 0 Å². The Hall–Kier alpha value is -0.100. The molecule has 0 heterocycles. The molecule has 0 bridgehead atoms. The van der Waals surface area contributed by atoms with Crippen LogP contribution < -0.4 is 5.32 Å². The van der Waals surface area contributed by atoms with Gasteiger partial charge in [0.05, 0.1) is 0 Å². The molecule has 5 nitrogen and oxygen atoms in total. The van der Waals surface area contributed by atoms with Crippen molar-refractivity contribution >= 4 is 41.5 Å². The van der Waals surface area contributed by atoms with E-state index >= 15 is 0 Å². The Labute approximate surface area is 201 Å². The number of nitrogens with one attached hydrogen (secondary N) is 1. The van der Waals surface area contributed by atoms with E-state index < -0.39 is 18.0 Å². The zero-order valence-electron chi connectivity index (χ0n) is 18.2. The number of hydrogen-bond donors (Lipinski definition) is 3. The van der Waals surface area contributed by atoms with Crippen LogP contribution in [-0.2, 0) is 9.59 Å². The fourth-order valence-electron chi connectivity index (χ4n) is 3.53. The van der Waals surface area contributed by atoms with E-state index in [4.69, 9.17) is 10.2 Å². The Kier molecular flexibility index (Phi) is 25.9. The molecular formula is C23H46NNaO4. The number of carboxylic acids is 2. The van der Waals surface area contributed by atoms with E-state index in [1.807, 2.05) is 0 Å². The van der Waals surface area contributed by atoms with Crippen LogP contribution in [0.5, 0.6) is 0 Å². The number of carbonyl (C=O) groups is 2. The van der Waals surface area contributed by atoms with E-state index in [1.54, 1.807) is 0 Å². The summed E-state index contributed by atoms with van der Waals surface area (Å²) in [7, 11) is 0. The number of aliphatic carboxylic acids is 2. The predicted octanol–water partition coefficient (Wildman–Crippen LogP) is 5.51. The molecule has 0 aromatic carbocycles. The van der Waals surface area contributed by atoms with Crippen LogP contribution in [0.25, 0.3) is 0 Å². The molecule has 0 rings (SSSR count). The summed E-state index contributed by atoms with van der Waals surface area (Å²) < 4.78 is 0. The molecule has 0 aliphatic carbocycles. The second-order valence-corrected chi connectivity index (χ2v) is 8.08. The standard InChI is InChI=1S/C23H45NO4.Na.H/c1-2-3-4-5-6-7-8-9-10-11-12-13-14-15-16-17-20-24-21(23(27)28)18-19-22(25)26;;/h21,24H,2-20H2,1H3,(H,25,26)(H,27,28);;/t21-;;/m0../s1. The van der Waals surface area contributed by atoms with Gasteiger partial charge in [0.25, 0.3) is 0 Å². The molecule has 0 aromatic rings. The van der Waals surface area contributed by atoms with Gasteiger partial charge in [-0.25, -0.2) is 0 Å². The Balaban J connectivity index is 0. The monoisotopic (exact) mass is 423 g/mol. The third-order valence-electron chi connectivity index (χ3n) is 5.37. The summed E-state index contributed by atoms with van der Waals surface area (Å²) in [6, 6.07) is -0.743. The summed E-state index contributed by atoms with van der Waals surface area (Å²) >= 11 is 0. The minimum atomic E-state index is -0.960. The normalized spacial score (nSPS) is 11.8. The summed E-state index contributed by atoms with van der Waals surface area (Å²) in [4.78, 5) is 21.6. The van der Waals surface area contributed by atoms with Crippen molar-refractivity contribution in [1.82, 2.24) is 5.32 Å². The Morgan fingerprint density at radius 3 is 1.41 bits per heavy atom. The molecule has 6 heteroatoms. The van der Waals surface area contributed by atoms with Gasteiger partial charge in [0.2, 0.25) is 0 Å². The number of rotatable bonds is 22. The summed E-state index contributed by atoms with van der Waals surface area (Å²) in [6.07, 6.45) is 21.1. The third-order valence-corrected chi connectivity index (χ3v) is 5.37. The fraction of sp³-hybridized carbons (Fsp3) is 0.913. The summed E-state index contributed by atoms with van der Waals surface area (Å²) in [5, 5.41) is 20.7. The molecule has 0 fully saturated rings. The van der Waals surface area contributed by atoms with Gasteiger partial charge in [-0.05, 0) is 19.4 Å². The SMILES string of the molecule is CCCCCCCCCCCCCCCCCCN[C@@H](CCC(=O)O)C(=O)O.[NaH]. The van der Waals surface area contributed by atoms with Gasteiger partial charge in [0.1, 0.15) is 6.04 Å². The topological polar surface area (TPSA) is 86.6 Å². The van der Waals surface area contributed by atoms with Gasteiger partial charge < -0.3 is 15.5 Å². The molecule has 0 aliphatic rings. The minimum absolute atomic E-state index is 0. The van der Waals surface area contributed by atoms with Crippen LogP contribution in [0.15, 0.2) is 0 Å². The van der Waals surface area contributed by atoms with Gasteiger partial charge in [-0.15, -0.1) is 0 Å². The van der Waals surface area contributed by atoms with Gasteiger partial charge in [-0.3, -0.25) is 9.59 Å². The zero-order chi connectivity index (χ0) is 20.9. The van der Waals surface area contributed by atoms with Crippen LogP contribution >= 0.6 is 0 Å². The first-order valence-electron chi connectivity index (χ1n) is 11.8. The van der Waals surface area contributed by atoms with Crippen molar-refractivity contribution < 1.29 is 19.8 Å². The van der Waals surface area contributed by atoms with Gasteiger partial charge >= 0.3 is 41.5 Å². The van der Waals surface area contributed by atoms with Gasteiger partial charge in [0.15, 0.2) is 0 Å². The summed E-state index contributed by atoms with van der Waals surface area (Å²) in [5.41, 5.74) is 0. The van der Waals surface area contributed by atoms with Gasteiger partial charge in [0, 0.05) is 6.42 Å². The maximum atomic E-state index is 11.1. The number of unbranched alkanes of at least 4 members (excludes halogenated alkanes) is 15. The van der Waals surface area contributed by atoms with Crippen molar-refractivity contribution in [3.8, 4) is 0 Å². The molecule has 0 radical (unpaired) electrons. The van der Waals surface area contributed by atoms with Crippen molar-refractivity contribution in [1.29, 1.82) is 0 Å². The van der Waals surface area contributed by atoms with Crippen molar-refractivity contribution in [2.45, 2.75) is 129 Å². The second kappa shape index (κ2) is 24.2. The molecule has 3 N–H and O–H groups in total. The van der Waals surface area contributed by atoms with E-state index in [2.05, 4.69) is 12.2 Å². The van der Waals surface area contributed by atoms with Gasteiger partial charge in [-0.1, -0.05) is 103 Å². The maximum absolute atomic E-state index is 11.1. The van der Waals surface area contributed by atoms with E-state index in [1.165, 1.54) is 89.9 Å².